The van der Waals surface area contributed by atoms with Crippen molar-refractivity contribution in [3.05, 3.63) is 54.5 Å². The lowest BCUT2D eigenvalue weighted by molar-refractivity contribution is 0.0707. The van der Waals surface area contributed by atoms with Crippen LogP contribution in [0.1, 0.15) is 36.0 Å². The van der Waals surface area contributed by atoms with E-state index in [4.69, 9.17) is 5.26 Å². The van der Waals surface area contributed by atoms with Gasteiger partial charge in [-0.3, -0.25) is 9.48 Å². The molecule has 3 aromatic rings. The molecule has 9 heteroatoms. The van der Waals surface area contributed by atoms with Gasteiger partial charge in [0.2, 0.25) is 5.95 Å². The number of hydrogen-bond acceptors (Lipinski definition) is 7. The molecule has 0 bridgehead atoms. The van der Waals surface area contributed by atoms with Crippen LogP contribution in [0.25, 0.3) is 11.3 Å². The van der Waals surface area contributed by atoms with Crippen LogP contribution >= 0.6 is 0 Å². The minimum atomic E-state index is -0.0106. The van der Waals surface area contributed by atoms with Crippen molar-refractivity contribution in [3.63, 3.8) is 0 Å². The number of aromatic nitrogens is 4. The van der Waals surface area contributed by atoms with Crippen molar-refractivity contribution in [1.82, 2.24) is 24.6 Å². The van der Waals surface area contributed by atoms with Gasteiger partial charge < -0.3 is 10.2 Å². The first-order chi connectivity index (χ1) is 17.1. The van der Waals surface area contributed by atoms with Gasteiger partial charge in [0.05, 0.1) is 36.5 Å². The smallest absolute Gasteiger partial charge is 0.253 e. The number of piperidine rings is 1. The Morgan fingerprint density at radius 1 is 1.11 bits per heavy atom. The highest BCUT2D eigenvalue weighted by molar-refractivity contribution is 5.94. The fourth-order valence-corrected chi connectivity index (χ4v) is 4.39. The normalized spacial score (nSPS) is 16.8. The SMILES string of the molecule is N#CC1CCN(C(=O)c2ccc(Nc3nccc(-c4cnn(CC(C#N)C5CC5)c4)n3)cc2)CC1. The van der Waals surface area contributed by atoms with E-state index in [-0.39, 0.29) is 17.7 Å². The number of amides is 1. The Kier molecular flexibility index (Phi) is 6.40. The molecule has 0 spiro atoms. The molecule has 1 amide bonds. The van der Waals surface area contributed by atoms with Gasteiger partial charge in [-0.2, -0.15) is 15.6 Å². The second-order valence-corrected chi connectivity index (χ2v) is 9.19. The van der Waals surface area contributed by atoms with Crippen LogP contribution in [-0.4, -0.2) is 43.6 Å². The monoisotopic (exact) mass is 466 g/mol. The fraction of sp³-hybridized carbons (Fsp3) is 0.385. The van der Waals surface area contributed by atoms with Gasteiger partial charge in [-0.05, 0) is 61.9 Å². The number of carbonyl (C=O) groups is 1. The van der Waals surface area contributed by atoms with Crippen molar-refractivity contribution < 1.29 is 4.79 Å². The molecule has 2 aromatic heterocycles. The fourth-order valence-electron chi connectivity index (χ4n) is 4.39. The second-order valence-electron chi connectivity index (χ2n) is 9.19. The zero-order valence-corrected chi connectivity index (χ0v) is 19.3. The molecule has 3 heterocycles. The quantitative estimate of drug-likeness (QED) is 0.558. The predicted octanol–water partition coefficient (Wildman–Crippen LogP) is 4.01. The number of benzene rings is 1. The van der Waals surface area contributed by atoms with E-state index in [9.17, 15) is 10.1 Å². The van der Waals surface area contributed by atoms with Gasteiger partial charge in [0.1, 0.15) is 0 Å². The third-order valence-corrected chi connectivity index (χ3v) is 6.68. The summed E-state index contributed by atoms with van der Waals surface area (Å²) < 4.78 is 1.81. The van der Waals surface area contributed by atoms with E-state index in [1.165, 1.54) is 0 Å². The average molecular weight is 467 g/mol. The molecule has 1 aliphatic carbocycles. The van der Waals surface area contributed by atoms with E-state index in [2.05, 4.69) is 32.5 Å². The van der Waals surface area contributed by atoms with E-state index < -0.39 is 0 Å². The van der Waals surface area contributed by atoms with Gasteiger partial charge in [0.15, 0.2) is 0 Å². The van der Waals surface area contributed by atoms with E-state index in [1.807, 2.05) is 34.0 Å². The molecule has 2 aliphatic rings. The van der Waals surface area contributed by atoms with Crippen LogP contribution in [0.3, 0.4) is 0 Å². The molecule has 1 N–H and O–H groups in total. The van der Waals surface area contributed by atoms with Gasteiger partial charge >= 0.3 is 0 Å². The molecule has 1 saturated heterocycles. The van der Waals surface area contributed by atoms with Crippen molar-refractivity contribution in [2.45, 2.75) is 32.2 Å². The lowest BCUT2D eigenvalue weighted by atomic mass is 9.98. The minimum Gasteiger partial charge on any atom is -0.339 e. The lowest BCUT2D eigenvalue weighted by Crippen LogP contribution is -2.38. The Hall–Kier alpha value is -4.24. The molecule has 1 aliphatic heterocycles. The van der Waals surface area contributed by atoms with Crippen molar-refractivity contribution in [3.8, 4) is 23.4 Å². The van der Waals surface area contributed by atoms with Crippen LogP contribution in [-0.2, 0) is 6.54 Å². The van der Waals surface area contributed by atoms with E-state index in [0.717, 1.165) is 42.6 Å². The highest BCUT2D eigenvalue weighted by Crippen LogP contribution is 2.37. The maximum Gasteiger partial charge on any atom is 0.253 e. The number of likely N-dealkylation sites (tertiary alicyclic amines) is 1. The van der Waals surface area contributed by atoms with E-state index in [1.54, 1.807) is 24.5 Å². The molecule has 9 nitrogen and oxygen atoms in total. The molecule has 1 unspecified atom stereocenters. The molecule has 5 rings (SSSR count). The van der Waals surface area contributed by atoms with Crippen LogP contribution < -0.4 is 5.32 Å². The van der Waals surface area contributed by atoms with Gasteiger partial charge in [-0.1, -0.05) is 0 Å². The summed E-state index contributed by atoms with van der Waals surface area (Å²) in [4.78, 5) is 23.5. The van der Waals surface area contributed by atoms with E-state index in [0.29, 0.717) is 37.1 Å². The first-order valence-electron chi connectivity index (χ1n) is 11.9. The van der Waals surface area contributed by atoms with Gasteiger partial charge in [-0.15, -0.1) is 0 Å². The van der Waals surface area contributed by atoms with Crippen molar-refractivity contribution in [2.75, 3.05) is 18.4 Å². The predicted molar refractivity (Wildman–Crippen MR) is 129 cm³/mol. The first-order valence-corrected chi connectivity index (χ1v) is 11.9. The topological polar surface area (TPSA) is 124 Å². The van der Waals surface area contributed by atoms with Crippen LogP contribution in [0.15, 0.2) is 48.9 Å². The third-order valence-electron chi connectivity index (χ3n) is 6.68. The summed E-state index contributed by atoms with van der Waals surface area (Å²) in [6.45, 7) is 1.83. The summed E-state index contributed by atoms with van der Waals surface area (Å²) in [5, 5.41) is 26.0. The highest BCUT2D eigenvalue weighted by atomic mass is 16.2. The lowest BCUT2D eigenvalue weighted by Gasteiger charge is -2.29. The van der Waals surface area contributed by atoms with Crippen molar-refractivity contribution in [2.24, 2.45) is 17.8 Å². The van der Waals surface area contributed by atoms with E-state index >= 15 is 0 Å². The number of carbonyl (C=O) groups excluding carboxylic acids is 1. The Balaban J connectivity index is 1.22. The summed E-state index contributed by atoms with van der Waals surface area (Å²) in [7, 11) is 0. The van der Waals surface area contributed by atoms with Crippen molar-refractivity contribution in [1.29, 1.82) is 10.5 Å². The molecular weight excluding hydrogens is 440 g/mol. The molecule has 35 heavy (non-hydrogen) atoms. The number of anilines is 2. The molecule has 176 valence electrons. The van der Waals surface area contributed by atoms with Crippen LogP contribution in [0.2, 0.25) is 0 Å². The molecule has 1 saturated carbocycles. The molecular formula is C26H26N8O. The molecule has 1 atom stereocenters. The largest absolute Gasteiger partial charge is 0.339 e. The Bertz CT molecular complexity index is 1270. The van der Waals surface area contributed by atoms with Gasteiger partial charge in [0, 0.05) is 48.2 Å². The number of rotatable bonds is 7. The van der Waals surface area contributed by atoms with Gasteiger partial charge in [0.25, 0.3) is 5.91 Å². The number of hydrogen-bond donors (Lipinski definition) is 1. The van der Waals surface area contributed by atoms with Crippen LogP contribution in [0.4, 0.5) is 11.6 Å². The average Bonchev–Trinajstić information content (AvgIpc) is 3.65. The molecule has 1 aromatic carbocycles. The number of nitrogens with one attached hydrogen (secondary N) is 1. The number of nitriles is 2. The highest BCUT2D eigenvalue weighted by Gasteiger charge is 2.31. The Morgan fingerprint density at radius 3 is 2.57 bits per heavy atom. The zero-order valence-electron chi connectivity index (χ0n) is 19.3. The summed E-state index contributed by atoms with van der Waals surface area (Å²) in [6.07, 6.45) is 9.08. The van der Waals surface area contributed by atoms with Crippen LogP contribution in [0.5, 0.6) is 0 Å². The van der Waals surface area contributed by atoms with Crippen molar-refractivity contribution >= 4 is 17.5 Å². The minimum absolute atomic E-state index is 0.00427. The first kappa shape index (κ1) is 22.5. The van der Waals surface area contributed by atoms with Crippen LogP contribution in [0, 0.1) is 40.4 Å². The zero-order chi connectivity index (χ0) is 24.2. The summed E-state index contributed by atoms with van der Waals surface area (Å²) >= 11 is 0. The Morgan fingerprint density at radius 2 is 1.89 bits per heavy atom. The maximum absolute atomic E-state index is 12.8. The summed E-state index contributed by atoms with van der Waals surface area (Å²) in [5.41, 5.74) is 3.00. The van der Waals surface area contributed by atoms with Gasteiger partial charge in [-0.25, -0.2) is 9.97 Å². The maximum atomic E-state index is 12.8. The summed E-state index contributed by atoms with van der Waals surface area (Å²) in [5.74, 6) is 0.988. The summed E-state index contributed by atoms with van der Waals surface area (Å²) in [6, 6.07) is 13.8. The number of nitrogens with zero attached hydrogens (tertiary/aromatic N) is 7. The standard InChI is InChI=1S/C26H26N8O/c27-13-18-8-11-33(12-9-18)25(35)20-3-5-23(6-4-20)31-26-29-10-7-24(32-26)22-15-30-34(17-22)16-21(14-28)19-1-2-19/h3-7,10,15,17-19,21H,1-2,8-9,11-12,16H2,(H,29,31,32). The molecule has 2 fully saturated rings. The second kappa shape index (κ2) is 9.94. The Labute approximate surface area is 204 Å². The molecule has 0 radical (unpaired) electrons. The third kappa shape index (κ3) is 5.30.